The first kappa shape index (κ1) is 19.5. The van der Waals surface area contributed by atoms with Gasteiger partial charge in [0.2, 0.25) is 5.91 Å². The summed E-state index contributed by atoms with van der Waals surface area (Å²) >= 11 is 0. The highest BCUT2D eigenvalue weighted by atomic mass is 19.1. The zero-order valence-electron chi connectivity index (χ0n) is 15.7. The standard InChI is InChI=1S/C18H26BFN2O3/c1-11-7-15(20)9-13(16(11)21)8-14(10-22-12(2)23)19-24-17(3,4)18(5,6)25-19/h7-9H,10,21H2,1-6H3,(H,22,23). The van der Waals surface area contributed by atoms with Crippen molar-refractivity contribution >= 4 is 24.8 Å². The predicted molar refractivity (Wildman–Crippen MR) is 98.3 cm³/mol. The van der Waals surface area contributed by atoms with Gasteiger partial charge in [0.1, 0.15) is 5.82 Å². The van der Waals surface area contributed by atoms with Crippen LogP contribution in [0.2, 0.25) is 0 Å². The molecule has 0 bridgehead atoms. The van der Waals surface area contributed by atoms with E-state index in [2.05, 4.69) is 5.32 Å². The Hall–Kier alpha value is -1.86. The van der Waals surface area contributed by atoms with E-state index in [0.29, 0.717) is 22.3 Å². The number of carbonyl (C=O) groups is 1. The number of benzene rings is 1. The second-order valence-electron chi connectivity index (χ2n) is 7.44. The Labute approximate surface area is 148 Å². The normalized spacial score (nSPS) is 19.2. The van der Waals surface area contributed by atoms with E-state index in [1.165, 1.54) is 19.1 Å². The summed E-state index contributed by atoms with van der Waals surface area (Å²) in [6.07, 6.45) is 1.73. The first-order chi connectivity index (χ1) is 11.4. The lowest BCUT2D eigenvalue weighted by atomic mass is 9.76. The van der Waals surface area contributed by atoms with Crippen LogP contribution in [-0.4, -0.2) is 30.8 Å². The molecular weight excluding hydrogens is 322 g/mol. The zero-order chi connectivity index (χ0) is 19.0. The Morgan fingerprint density at radius 3 is 2.36 bits per heavy atom. The van der Waals surface area contributed by atoms with E-state index < -0.39 is 18.3 Å². The Kier molecular flexibility index (Phi) is 5.30. The van der Waals surface area contributed by atoms with Gasteiger partial charge in [-0.1, -0.05) is 6.08 Å². The lowest BCUT2D eigenvalue weighted by Crippen LogP contribution is -2.41. The number of nitrogens with one attached hydrogen (secondary N) is 1. The average Bonchev–Trinajstić information content (AvgIpc) is 2.68. The van der Waals surface area contributed by atoms with E-state index in [1.807, 2.05) is 27.7 Å². The third-order valence-corrected chi connectivity index (χ3v) is 4.82. The van der Waals surface area contributed by atoms with Gasteiger partial charge >= 0.3 is 7.12 Å². The molecule has 0 unspecified atom stereocenters. The largest absolute Gasteiger partial charge is 0.492 e. The fourth-order valence-electron chi connectivity index (χ4n) is 2.52. The number of halogens is 1. The molecule has 3 N–H and O–H groups in total. The van der Waals surface area contributed by atoms with Gasteiger partial charge in [-0.15, -0.1) is 0 Å². The van der Waals surface area contributed by atoms with E-state index in [-0.39, 0.29) is 18.3 Å². The van der Waals surface area contributed by atoms with Crippen LogP contribution in [0.15, 0.2) is 17.6 Å². The van der Waals surface area contributed by atoms with Crippen LogP contribution in [0.3, 0.4) is 0 Å². The summed E-state index contributed by atoms with van der Waals surface area (Å²) in [5.41, 5.74) is 7.39. The van der Waals surface area contributed by atoms with E-state index in [9.17, 15) is 9.18 Å². The van der Waals surface area contributed by atoms with Gasteiger partial charge in [0.25, 0.3) is 0 Å². The molecule has 1 heterocycles. The summed E-state index contributed by atoms with van der Waals surface area (Å²) in [6, 6.07) is 2.75. The lowest BCUT2D eigenvalue weighted by molar-refractivity contribution is -0.118. The molecule has 7 heteroatoms. The van der Waals surface area contributed by atoms with Crippen LogP contribution in [0.25, 0.3) is 6.08 Å². The van der Waals surface area contributed by atoms with Crippen molar-refractivity contribution in [1.82, 2.24) is 5.32 Å². The van der Waals surface area contributed by atoms with Crippen LogP contribution in [0, 0.1) is 12.7 Å². The van der Waals surface area contributed by atoms with E-state index in [4.69, 9.17) is 15.0 Å². The van der Waals surface area contributed by atoms with Crippen LogP contribution >= 0.6 is 0 Å². The maximum atomic E-state index is 13.8. The van der Waals surface area contributed by atoms with Crippen LogP contribution in [0.4, 0.5) is 10.1 Å². The molecule has 1 amide bonds. The third kappa shape index (κ3) is 4.22. The minimum absolute atomic E-state index is 0.175. The van der Waals surface area contributed by atoms with Gasteiger partial charge in [-0.25, -0.2) is 4.39 Å². The minimum atomic E-state index is -0.653. The number of carbonyl (C=O) groups excluding carboxylic acids is 1. The summed E-state index contributed by atoms with van der Waals surface area (Å²) in [5, 5.41) is 2.74. The minimum Gasteiger partial charge on any atom is -0.400 e. The quantitative estimate of drug-likeness (QED) is 0.648. The van der Waals surface area contributed by atoms with Gasteiger partial charge in [0.15, 0.2) is 0 Å². The molecule has 2 rings (SSSR count). The Bertz CT molecular complexity index is 701. The molecular formula is C18H26BFN2O3. The molecule has 136 valence electrons. The van der Waals surface area contributed by atoms with Crippen molar-refractivity contribution in [3.63, 3.8) is 0 Å². The highest BCUT2D eigenvalue weighted by molar-refractivity contribution is 6.56. The lowest BCUT2D eigenvalue weighted by Gasteiger charge is -2.32. The molecule has 1 fully saturated rings. The fourth-order valence-corrected chi connectivity index (χ4v) is 2.52. The van der Waals surface area contributed by atoms with Gasteiger partial charge in [-0.05, 0) is 63.4 Å². The van der Waals surface area contributed by atoms with E-state index >= 15 is 0 Å². The van der Waals surface area contributed by atoms with Crippen LogP contribution in [-0.2, 0) is 14.1 Å². The summed E-state index contributed by atoms with van der Waals surface area (Å²) in [6.45, 7) is 11.2. The predicted octanol–water partition coefficient (Wildman–Crippen LogP) is 2.87. The van der Waals surface area contributed by atoms with Crippen molar-refractivity contribution in [3.8, 4) is 0 Å². The van der Waals surface area contributed by atoms with Gasteiger partial charge in [0, 0.05) is 19.2 Å². The molecule has 1 aromatic carbocycles. The number of rotatable bonds is 4. The summed E-state index contributed by atoms with van der Waals surface area (Å²) in [7, 11) is -0.653. The first-order valence-electron chi connectivity index (χ1n) is 8.29. The molecule has 0 saturated carbocycles. The highest BCUT2D eigenvalue weighted by Crippen LogP contribution is 2.39. The second-order valence-corrected chi connectivity index (χ2v) is 7.44. The molecule has 1 saturated heterocycles. The molecule has 0 spiro atoms. The molecule has 1 aliphatic heterocycles. The van der Waals surface area contributed by atoms with Crippen LogP contribution < -0.4 is 11.1 Å². The van der Waals surface area contributed by atoms with Crippen molar-refractivity contribution in [2.24, 2.45) is 0 Å². The monoisotopic (exact) mass is 348 g/mol. The maximum Gasteiger partial charge on any atom is 0.492 e. The van der Waals surface area contributed by atoms with Gasteiger partial charge < -0.3 is 20.4 Å². The van der Waals surface area contributed by atoms with Gasteiger partial charge in [-0.2, -0.15) is 0 Å². The second kappa shape index (κ2) is 6.80. The molecule has 25 heavy (non-hydrogen) atoms. The molecule has 1 aliphatic rings. The first-order valence-corrected chi connectivity index (χ1v) is 8.29. The maximum absolute atomic E-state index is 13.8. The number of amides is 1. The third-order valence-electron chi connectivity index (χ3n) is 4.82. The number of nitrogen functional groups attached to an aromatic ring is 1. The van der Waals surface area contributed by atoms with Crippen molar-refractivity contribution in [2.45, 2.75) is 52.7 Å². The molecule has 5 nitrogen and oxygen atoms in total. The smallest absolute Gasteiger partial charge is 0.400 e. The molecule has 0 atom stereocenters. The highest BCUT2D eigenvalue weighted by Gasteiger charge is 2.52. The van der Waals surface area contributed by atoms with E-state index in [0.717, 1.165) is 0 Å². The zero-order valence-corrected chi connectivity index (χ0v) is 15.7. The Balaban J connectivity index is 2.42. The molecule has 0 radical (unpaired) electrons. The van der Waals surface area contributed by atoms with Crippen molar-refractivity contribution in [2.75, 3.05) is 12.3 Å². The summed E-state index contributed by atoms with van der Waals surface area (Å²) in [5.74, 6) is -0.545. The topological polar surface area (TPSA) is 73.6 Å². The van der Waals surface area contributed by atoms with Crippen molar-refractivity contribution in [3.05, 3.63) is 34.5 Å². The Morgan fingerprint density at radius 1 is 1.28 bits per heavy atom. The average molecular weight is 348 g/mol. The summed E-state index contributed by atoms with van der Waals surface area (Å²) in [4.78, 5) is 11.3. The van der Waals surface area contributed by atoms with Crippen LogP contribution in [0.1, 0.15) is 45.7 Å². The SMILES string of the molecule is CC(=O)NCC(=Cc1cc(F)cc(C)c1N)B1OC(C)(C)C(C)(C)O1. The van der Waals surface area contributed by atoms with Crippen LogP contribution in [0.5, 0.6) is 0 Å². The molecule has 0 aromatic heterocycles. The summed E-state index contributed by atoms with van der Waals surface area (Å²) < 4.78 is 25.9. The van der Waals surface area contributed by atoms with Gasteiger partial charge in [0.05, 0.1) is 11.2 Å². The number of hydrogen-bond donors (Lipinski definition) is 2. The number of aryl methyl sites for hydroxylation is 1. The molecule has 0 aliphatic carbocycles. The van der Waals surface area contributed by atoms with Gasteiger partial charge in [-0.3, -0.25) is 4.79 Å². The van der Waals surface area contributed by atoms with Crippen molar-refractivity contribution in [1.29, 1.82) is 0 Å². The van der Waals surface area contributed by atoms with Crippen molar-refractivity contribution < 1.29 is 18.5 Å². The van der Waals surface area contributed by atoms with E-state index in [1.54, 1.807) is 13.0 Å². The Morgan fingerprint density at radius 2 is 1.84 bits per heavy atom. The number of anilines is 1. The fraction of sp³-hybridized carbons (Fsp3) is 0.500. The number of hydrogen-bond acceptors (Lipinski definition) is 4. The molecule has 1 aromatic rings. The number of nitrogens with two attached hydrogens (primary N) is 1.